The Hall–Kier alpha value is -2.74. The average molecular weight is 428 g/mol. The van der Waals surface area contributed by atoms with Crippen LogP contribution in [0.2, 0.25) is 0 Å². The first-order chi connectivity index (χ1) is 14.8. The summed E-state index contributed by atoms with van der Waals surface area (Å²) in [5, 5.41) is 10.1. The summed E-state index contributed by atoms with van der Waals surface area (Å²) in [4.78, 5) is 31.5. The summed E-state index contributed by atoms with van der Waals surface area (Å²) < 4.78 is 5.45. The lowest BCUT2D eigenvalue weighted by atomic mass is 9.96. The van der Waals surface area contributed by atoms with Gasteiger partial charge in [0.05, 0.1) is 17.7 Å². The molecule has 8 heteroatoms. The number of piperidine rings is 1. The lowest BCUT2D eigenvalue weighted by molar-refractivity contribution is -0.122. The van der Waals surface area contributed by atoms with Crippen LogP contribution in [-0.2, 0) is 10.2 Å². The first-order valence-electron chi connectivity index (χ1n) is 11.0. The number of carbonyl (C=O) groups is 2. The molecule has 31 heavy (non-hydrogen) atoms. The Morgan fingerprint density at radius 2 is 1.90 bits per heavy atom. The number of carbonyl (C=O) groups excluding carboxylic acids is 2. The highest BCUT2D eigenvalue weighted by atomic mass is 16.5. The Morgan fingerprint density at radius 3 is 2.55 bits per heavy atom. The van der Waals surface area contributed by atoms with E-state index in [1.165, 1.54) is 0 Å². The Morgan fingerprint density at radius 1 is 1.19 bits per heavy atom. The van der Waals surface area contributed by atoms with Gasteiger partial charge in [0, 0.05) is 31.1 Å². The average Bonchev–Trinajstić information content (AvgIpc) is 3.24. The molecule has 2 heterocycles. The van der Waals surface area contributed by atoms with E-state index in [0.29, 0.717) is 35.9 Å². The normalized spacial score (nSPS) is 15.6. The number of amides is 2. The van der Waals surface area contributed by atoms with E-state index in [1.807, 2.05) is 45.9 Å². The van der Waals surface area contributed by atoms with Gasteiger partial charge in [-0.2, -0.15) is 4.98 Å². The number of benzene rings is 1. The molecule has 2 amide bonds. The zero-order valence-electron chi connectivity index (χ0n) is 18.9. The van der Waals surface area contributed by atoms with Gasteiger partial charge in [-0.25, -0.2) is 0 Å². The van der Waals surface area contributed by atoms with Crippen molar-refractivity contribution < 1.29 is 14.1 Å². The predicted octanol–water partition coefficient (Wildman–Crippen LogP) is 2.75. The summed E-state index contributed by atoms with van der Waals surface area (Å²) in [5.41, 5.74) is 0.918. The molecule has 0 bridgehead atoms. The zero-order chi connectivity index (χ0) is 22.4. The van der Waals surface area contributed by atoms with Crippen LogP contribution >= 0.6 is 0 Å². The third kappa shape index (κ3) is 6.13. The molecule has 1 saturated heterocycles. The lowest BCUT2D eigenvalue weighted by Crippen LogP contribution is -2.47. The Balaban J connectivity index is 1.60. The highest BCUT2D eigenvalue weighted by Crippen LogP contribution is 2.26. The van der Waals surface area contributed by atoms with Crippen LogP contribution in [0, 0.1) is 0 Å². The molecular weight excluding hydrogens is 394 g/mol. The molecule has 1 aliphatic rings. The molecule has 1 aliphatic heterocycles. The van der Waals surface area contributed by atoms with E-state index in [-0.39, 0.29) is 23.3 Å². The molecule has 0 spiro atoms. The number of nitrogens with one attached hydrogen (secondary N) is 2. The zero-order valence-corrected chi connectivity index (χ0v) is 18.9. The van der Waals surface area contributed by atoms with Crippen molar-refractivity contribution in [2.75, 3.05) is 26.2 Å². The molecular formula is C23H33N5O3. The van der Waals surface area contributed by atoms with E-state index in [1.54, 1.807) is 6.07 Å². The third-order valence-corrected chi connectivity index (χ3v) is 5.36. The molecule has 8 nitrogen and oxygen atoms in total. The molecule has 0 aliphatic carbocycles. The Labute approximate surface area is 183 Å². The van der Waals surface area contributed by atoms with Crippen LogP contribution < -0.4 is 10.6 Å². The number of nitrogens with zero attached hydrogens (tertiary/aromatic N) is 3. The number of rotatable bonds is 7. The fourth-order valence-electron chi connectivity index (χ4n) is 3.53. The topological polar surface area (TPSA) is 100 Å². The number of likely N-dealkylation sites (tertiary alicyclic amines) is 1. The van der Waals surface area contributed by atoms with Crippen molar-refractivity contribution in [3.63, 3.8) is 0 Å². The minimum atomic E-state index is -0.236. The van der Waals surface area contributed by atoms with Crippen LogP contribution in [0.3, 0.4) is 0 Å². The lowest BCUT2D eigenvalue weighted by Gasteiger charge is -2.32. The predicted molar refractivity (Wildman–Crippen MR) is 119 cm³/mol. The molecule has 0 radical (unpaired) electrons. The molecule has 2 N–H and O–H groups in total. The van der Waals surface area contributed by atoms with Crippen LogP contribution in [0.1, 0.15) is 63.1 Å². The molecule has 168 valence electrons. The van der Waals surface area contributed by atoms with Crippen LogP contribution in [0.4, 0.5) is 0 Å². The van der Waals surface area contributed by atoms with Gasteiger partial charge in [-0.15, -0.1) is 0 Å². The highest BCUT2D eigenvalue weighted by molar-refractivity contribution is 6.00. The van der Waals surface area contributed by atoms with Gasteiger partial charge < -0.3 is 15.2 Å². The Kier molecular flexibility index (Phi) is 7.43. The van der Waals surface area contributed by atoms with Crippen molar-refractivity contribution >= 4 is 11.8 Å². The SMILES string of the molecule is CCCNC(=O)CN1CCC(NC(=O)c2ccccc2-c2nc(C(C)(C)C)no2)CC1. The molecule has 0 unspecified atom stereocenters. The van der Waals surface area contributed by atoms with Crippen molar-refractivity contribution in [2.24, 2.45) is 0 Å². The molecule has 3 rings (SSSR count). The van der Waals surface area contributed by atoms with Crippen LogP contribution in [-0.4, -0.2) is 59.1 Å². The fraction of sp³-hybridized carbons (Fsp3) is 0.565. The summed E-state index contributed by atoms with van der Waals surface area (Å²) in [6, 6.07) is 7.36. The van der Waals surface area contributed by atoms with Crippen LogP contribution in [0.5, 0.6) is 0 Å². The smallest absolute Gasteiger partial charge is 0.258 e. The van der Waals surface area contributed by atoms with Gasteiger partial charge in [0.2, 0.25) is 5.91 Å². The van der Waals surface area contributed by atoms with E-state index < -0.39 is 0 Å². The molecule has 1 aromatic carbocycles. The second-order valence-corrected chi connectivity index (χ2v) is 9.09. The van der Waals surface area contributed by atoms with E-state index in [2.05, 4.69) is 25.7 Å². The summed E-state index contributed by atoms with van der Waals surface area (Å²) in [5.74, 6) is 0.870. The number of aromatic nitrogens is 2. The van der Waals surface area contributed by atoms with Crippen molar-refractivity contribution in [1.29, 1.82) is 0 Å². The Bertz CT molecular complexity index is 895. The van der Waals surface area contributed by atoms with Crippen molar-refractivity contribution in [2.45, 2.75) is 58.4 Å². The standard InChI is InChI=1S/C23H33N5O3/c1-5-12-24-19(29)15-28-13-10-16(11-14-28)25-20(30)17-8-6-7-9-18(17)21-26-22(27-31-21)23(2,3)4/h6-9,16H,5,10-15H2,1-4H3,(H,24,29)(H,25,30). The molecule has 0 saturated carbocycles. The van der Waals surface area contributed by atoms with Gasteiger partial charge in [0.25, 0.3) is 11.8 Å². The molecule has 1 aromatic heterocycles. The summed E-state index contributed by atoms with van der Waals surface area (Å²) in [6.07, 6.45) is 2.55. The minimum Gasteiger partial charge on any atom is -0.355 e. The van der Waals surface area contributed by atoms with E-state index in [4.69, 9.17) is 4.52 Å². The second-order valence-electron chi connectivity index (χ2n) is 9.09. The van der Waals surface area contributed by atoms with Gasteiger partial charge in [-0.1, -0.05) is 45.0 Å². The highest BCUT2D eigenvalue weighted by Gasteiger charge is 2.26. The summed E-state index contributed by atoms with van der Waals surface area (Å²) in [6.45, 7) is 10.8. The van der Waals surface area contributed by atoms with Crippen molar-refractivity contribution in [3.05, 3.63) is 35.7 Å². The number of hydrogen-bond donors (Lipinski definition) is 2. The van der Waals surface area contributed by atoms with Gasteiger partial charge in [0.1, 0.15) is 0 Å². The largest absolute Gasteiger partial charge is 0.355 e. The monoisotopic (exact) mass is 427 g/mol. The van der Waals surface area contributed by atoms with Crippen LogP contribution in [0.25, 0.3) is 11.5 Å². The van der Waals surface area contributed by atoms with Gasteiger partial charge in [-0.3, -0.25) is 14.5 Å². The van der Waals surface area contributed by atoms with Crippen molar-refractivity contribution in [3.8, 4) is 11.5 Å². The van der Waals surface area contributed by atoms with Gasteiger partial charge in [0.15, 0.2) is 5.82 Å². The van der Waals surface area contributed by atoms with Gasteiger partial charge >= 0.3 is 0 Å². The second kappa shape index (κ2) is 10.0. The fourth-order valence-corrected chi connectivity index (χ4v) is 3.53. The summed E-state index contributed by atoms with van der Waals surface area (Å²) >= 11 is 0. The maximum Gasteiger partial charge on any atom is 0.258 e. The summed E-state index contributed by atoms with van der Waals surface area (Å²) in [7, 11) is 0. The van der Waals surface area contributed by atoms with E-state index >= 15 is 0 Å². The van der Waals surface area contributed by atoms with Crippen molar-refractivity contribution in [1.82, 2.24) is 25.7 Å². The molecule has 1 fully saturated rings. The quantitative estimate of drug-likeness (QED) is 0.705. The first-order valence-corrected chi connectivity index (χ1v) is 11.0. The van der Waals surface area contributed by atoms with E-state index in [9.17, 15) is 9.59 Å². The molecule has 2 aromatic rings. The van der Waals surface area contributed by atoms with E-state index in [0.717, 1.165) is 32.4 Å². The number of hydrogen-bond acceptors (Lipinski definition) is 6. The maximum atomic E-state index is 13.0. The first kappa shape index (κ1) is 22.9. The minimum absolute atomic E-state index is 0.0625. The third-order valence-electron chi connectivity index (χ3n) is 5.36. The maximum absolute atomic E-state index is 13.0. The van der Waals surface area contributed by atoms with Crippen LogP contribution in [0.15, 0.2) is 28.8 Å². The van der Waals surface area contributed by atoms with Gasteiger partial charge in [-0.05, 0) is 31.4 Å². The molecule has 0 atom stereocenters.